The van der Waals surface area contributed by atoms with Crippen molar-refractivity contribution in [2.24, 2.45) is 0 Å². The van der Waals surface area contributed by atoms with Crippen molar-refractivity contribution >= 4 is 11.8 Å². The highest BCUT2D eigenvalue weighted by atomic mass is 16.2. The van der Waals surface area contributed by atoms with E-state index in [1.54, 1.807) is 0 Å². The minimum atomic E-state index is -0.292. The summed E-state index contributed by atoms with van der Waals surface area (Å²) < 4.78 is 0. The third-order valence-corrected chi connectivity index (χ3v) is 3.13. The first-order valence-electron chi connectivity index (χ1n) is 6.59. The molecule has 1 aliphatic heterocycles. The maximum absolute atomic E-state index is 11.9. The molecule has 1 N–H and O–H groups in total. The van der Waals surface area contributed by atoms with Crippen molar-refractivity contribution < 1.29 is 9.59 Å². The summed E-state index contributed by atoms with van der Waals surface area (Å²) in [7, 11) is 0. The van der Waals surface area contributed by atoms with Crippen LogP contribution in [0.1, 0.15) is 36.2 Å². The average molecular weight is 262 g/mol. The molecule has 2 heterocycles. The summed E-state index contributed by atoms with van der Waals surface area (Å²) >= 11 is 0. The Kier molecular flexibility index (Phi) is 4.83. The van der Waals surface area contributed by atoms with Gasteiger partial charge in [-0.1, -0.05) is 0 Å². The molecule has 1 aliphatic rings. The molecule has 1 fully saturated rings. The van der Waals surface area contributed by atoms with Gasteiger partial charge in [0.25, 0.3) is 5.91 Å². The van der Waals surface area contributed by atoms with E-state index in [-0.39, 0.29) is 17.5 Å². The molecule has 0 spiro atoms. The van der Waals surface area contributed by atoms with Gasteiger partial charge in [0.15, 0.2) is 0 Å². The van der Waals surface area contributed by atoms with E-state index in [1.807, 2.05) is 4.90 Å². The number of hydrogen-bond donors (Lipinski definition) is 1. The zero-order valence-electron chi connectivity index (χ0n) is 10.8. The van der Waals surface area contributed by atoms with Gasteiger partial charge in [0.05, 0.1) is 6.20 Å². The molecule has 0 unspecified atom stereocenters. The van der Waals surface area contributed by atoms with E-state index in [9.17, 15) is 9.59 Å². The van der Waals surface area contributed by atoms with Crippen LogP contribution in [0.15, 0.2) is 18.6 Å². The molecular weight excluding hydrogens is 244 g/mol. The number of carbonyl (C=O) groups excluding carboxylic acids is 2. The van der Waals surface area contributed by atoms with Crippen LogP contribution >= 0.6 is 0 Å². The lowest BCUT2D eigenvalue weighted by atomic mass is 10.1. The SMILES string of the molecule is O=C(NCCC(=O)N1CCCCC1)c1cnccn1. The monoisotopic (exact) mass is 262 g/mol. The van der Waals surface area contributed by atoms with E-state index in [1.165, 1.54) is 25.0 Å². The maximum Gasteiger partial charge on any atom is 0.271 e. The molecule has 0 aliphatic carbocycles. The van der Waals surface area contributed by atoms with E-state index in [0.717, 1.165) is 25.9 Å². The third-order valence-electron chi connectivity index (χ3n) is 3.13. The van der Waals surface area contributed by atoms with Crippen LogP contribution in [0.2, 0.25) is 0 Å². The number of amides is 2. The van der Waals surface area contributed by atoms with Gasteiger partial charge < -0.3 is 10.2 Å². The van der Waals surface area contributed by atoms with E-state index >= 15 is 0 Å². The van der Waals surface area contributed by atoms with E-state index in [2.05, 4.69) is 15.3 Å². The van der Waals surface area contributed by atoms with Gasteiger partial charge in [0, 0.05) is 38.4 Å². The number of rotatable bonds is 4. The van der Waals surface area contributed by atoms with Gasteiger partial charge in [0.1, 0.15) is 5.69 Å². The Morgan fingerprint density at radius 2 is 2.00 bits per heavy atom. The number of nitrogens with one attached hydrogen (secondary N) is 1. The molecule has 102 valence electrons. The fraction of sp³-hybridized carbons (Fsp3) is 0.538. The number of hydrogen-bond acceptors (Lipinski definition) is 4. The highest BCUT2D eigenvalue weighted by Gasteiger charge is 2.16. The molecule has 1 saturated heterocycles. The second-order valence-electron chi connectivity index (χ2n) is 4.54. The number of piperidine rings is 1. The fourth-order valence-electron chi connectivity index (χ4n) is 2.09. The average Bonchev–Trinajstić information content (AvgIpc) is 2.49. The molecule has 0 aromatic carbocycles. The molecular formula is C13H18N4O2. The molecule has 0 atom stereocenters. The van der Waals surface area contributed by atoms with Gasteiger partial charge in [-0.3, -0.25) is 14.6 Å². The molecule has 1 aromatic rings. The number of carbonyl (C=O) groups is 2. The lowest BCUT2D eigenvalue weighted by Crippen LogP contribution is -2.37. The first-order valence-corrected chi connectivity index (χ1v) is 6.59. The first kappa shape index (κ1) is 13.5. The van der Waals surface area contributed by atoms with Crippen LogP contribution < -0.4 is 5.32 Å². The van der Waals surface area contributed by atoms with Crippen LogP contribution in [0.25, 0.3) is 0 Å². The van der Waals surface area contributed by atoms with Crippen molar-refractivity contribution in [2.75, 3.05) is 19.6 Å². The van der Waals surface area contributed by atoms with Crippen molar-refractivity contribution in [3.63, 3.8) is 0 Å². The smallest absolute Gasteiger partial charge is 0.271 e. The second-order valence-corrected chi connectivity index (χ2v) is 4.54. The van der Waals surface area contributed by atoms with Gasteiger partial charge >= 0.3 is 0 Å². The fourth-order valence-corrected chi connectivity index (χ4v) is 2.09. The summed E-state index contributed by atoms with van der Waals surface area (Å²) in [5, 5.41) is 2.68. The van der Waals surface area contributed by atoms with E-state index in [0.29, 0.717) is 13.0 Å². The molecule has 0 bridgehead atoms. The lowest BCUT2D eigenvalue weighted by molar-refractivity contribution is -0.131. The van der Waals surface area contributed by atoms with Crippen LogP contribution in [0, 0.1) is 0 Å². The van der Waals surface area contributed by atoms with Crippen LogP contribution in [-0.4, -0.2) is 46.3 Å². The lowest BCUT2D eigenvalue weighted by Gasteiger charge is -2.26. The summed E-state index contributed by atoms with van der Waals surface area (Å²) in [6.07, 6.45) is 8.08. The highest BCUT2D eigenvalue weighted by molar-refractivity contribution is 5.92. The molecule has 6 heteroatoms. The predicted octanol–water partition coefficient (Wildman–Crippen LogP) is 0.609. The molecule has 2 amide bonds. The normalized spacial score (nSPS) is 15.1. The summed E-state index contributed by atoms with van der Waals surface area (Å²) in [6, 6.07) is 0. The van der Waals surface area contributed by atoms with Gasteiger partial charge in [0.2, 0.25) is 5.91 Å². The predicted molar refractivity (Wildman–Crippen MR) is 69.4 cm³/mol. The van der Waals surface area contributed by atoms with Crippen LogP contribution in [0.3, 0.4) is 0 Å². The standard InChI is InChI=1S/C13H18N4O2/c18-12(17-8-2-1-3-9-17)4-5-16-13(19)11-10-14-6-7-15-11/h6-7,10H,1-5,8-9H2,(H,16,19). The van der Waals surface area contributed by atoms with Crippen molar-refractivity contribution in [1.29, 1.82) is 0 Å². The summed E-state index contributed by atoms with van der Waals surface area (Å²) in [5.74, 6) is -0.182. The Labute approximate surface area is 112 Å². The number of aromatic nitrogens is 2. The zero-order chi connectivity index (χ0) is 13.5. The summed E-state index contributed by atoms with van der Waals surface area (Å²) in [6.45, 7) is 2.03. The minimum Gasteiger partial charge on any atom is -0.350 e. The first-order chi connectivity index (χ1) is 9.27. The van der Waals surface area contributed by atoms with Crippen molar-refractivity contribution in [3.05, 3.63) is 24.3 Å². The van der Waals surface area contributed by atoms with Crippen LogP contribution in [0.4, 0.5) is 0 Å². The van der Waals surface area contributed by atoms with Crippen LogP contribution in [-0.2, 0) is 4.79 Å². The summed E-state index contributed by atoms with van der Waals surface area (Å²) in [5.41, 5.74) is 0.271. The number of nitrogens with zero attached hydrogens (tertiary/aromatic N) is 3. The van der Waals surface area contributed by atoms with Gasteiger partial charge in [-0.05, 0) is 19.3 Å². The second kappa shape index (κ2) is 6.82. The molecule has 0 radical (unpaired) electrons. The summed E-state index contributed by atoms with van der Waals surface area (Å²) in [4.78, 5) is 33.1. The molecule has 19 heavy (non-hydrogen) atoms. The Hall–Kier alpha value is -1.98. The largest absolute Gasteiger partial charge is 0.350 e. The zero-order valence-corrected chi connectivity index (χ0v) is 10.8. The van der Waals surface area contributed by atoms with Crippen LogP contribution in [0.5, 0.6) is 0 Å². The van der Waals surface area contributed by atoms with Crippen molar-refractivity contribution in [3.8, 4) is 0 Å². The number of likely N-dealkylation sites (tertiary alicyclic amines) is 1. The van der Waals surface area contributed by atoms with Gasteiger partial charge in [-0.2, -0.15) is 0 Å². The topological polar surface area (TPSA) is 75.2 Å². The Bertz CT molecular complexity index is 430. The van der Waals surface area contributed by atoms with Gasteiger partial charge in [-0.25, -0.2) is 4.98 Å². The third kappa shape index (κ3) is 4.01. The molecule has 6 nitrogen and oxygen atoms in total. The van der Waals surface area contributed by atoms with Crippen molar-refractivity contribution in [1.82, 2.24) is 20.2 Å². The molecule has 0 saturated carbocycles. The Balaban J connectivity index is 1.71. The Morgan fingerprint density at radius 3 is 2.68 bits per heavy atom. The minimum absolute atomic E-state index is 0.110. The molecule has 2 rings (SSSR count). The van der Waals surface area contributed by atoms with Gasteiger partial charge in [-0.15, -0.1) is 0 Å². The molecule has 1 aromatic heterocycles. The Morgan fingerprint density at radius 1 is 1.21 bits per heavy atom. The van der Waals surface area contributed by atoms with E-state index < -0.39 is 0 Å². The highest BCUT2D eigenvalue weighted by Crippen LogP contribution is 2.09. The quantitative estimate of drug-likeness (QED) is 0.862. The van der Waals surface area contributed by atoms with E-state index in [4.69, 9.17) is 0 Å². The van der Waals surface area contributed by atoms with Crippen molar-refractivity contribution in [2.45, 2.75) is 25.7 Å². The maximum atomic E-state index is 11.9.